The minimum Gasteiger partial charge on any atom is -0.489 e. The number of halogens is 3. The summed E-state index contributed by atoms with van der Waals surface area (Å²) in [5.74, 6) is 0.152. The summed E-state index contributed by atoms with van der Waals surface area (Å²) in [6, 6.07) is 14.1. The van der Waals surface area contributed by atoms with Crippen LogP contribution in [0.5, 0.6) is 5.75 Å². The first-order valence-corrected chi connectivity index (χ1v) is 9.87. The number of hydrogen-bond donors (Lipinski definition) is 3. The van der Waals surface area contributed by atoms with Gasteiger partial charge in [0, 0.05) is 17.6 Å². The number of amides is 1. The fourth-order valence-corrected chi connectivity index (χ4v) is 3.23. The van der Waals surface area contributed by atoms with E-state index in [9.17, 15) is 18.0 Å². The number of para-hydroxylation sites is 1. The van der Waals surface area contributed by atoms with Crippen LogP contribution < -0.4 is 20.7 Å². The Kier molecular flexibility index (Phi) is 5.85. The second-order valence-corrected chi connectivity index (χ2v) is 7.30. The van der Waals surface area contributed by atoms with Crippen molar-refractivity contribution in [2.75, 3.05) is 22.5 Å². The summed E-state index contributed by atoms with van der Waals surface area (Å²) in [7, 11) is 0. The van der Waals surface area contributed by atoms with Crippen molar-refractivity contribution in [1.82, 2.24) is 9.97 Å². The van der Waals surface area contributed by atoms with Gasteiger partial charge in [-0.15, -0.1) is 0 Å². The average Bonchev–Trinajstić information content (AvgIpc) is 3.11. The van der Waals surface area contributed by atoms with Gasteiger partial charge in [-0.2, -0.15) is 18.2 Å². The van der Waals surface area contributed by atoms with Crippen molar-refractivity contribution in [2.45, 2.75) is 25.6 Å². The summed E-state index contributed by atoms with van der Waals surface area (Å²) >= 11 is 0. The van der Waals surface area contributed by atoms with Crippen LogP contribution in [-0.2, 0) is 17.4 Å². The van der Waals surface area contributed by atoms with Gasteiger partial charge in [0.2, 0.25) is 11.9 Å². The summed E-state index contributed by atoms with van der Waals surface area (Å²) in [5.41, 5.74) is 1.09. The Hall–Kier alpha value is -3.82. The molecule has 0 fully saturated rings. The number of fused-ring (bicyclic) bond motifs is 1. The highest BCUT2D eigenvalue weighted by Crippen LogP contribution is 2.34. The fraction of sp³-hybridized carbons (Fsp3) is 0.227. The summed E-state index contributed by atoms with van der Waals surface area (Å²) in [6.45, 7) is 1.84. The van der Waals surface area contributed by atoms with E-state index in [-0.39, 0.29) is 30.6 Å². The van der Waals surface area contributed by atoms with E-state index in [1.807, 2.05) is 18.2 Å². The molecule has 7 nitrogen and oxygen atoms in total. The van der Waals surface area contributed by atoms with Crippen LogP contribution in [0, 0.1) is 0 Å². The Morgan fingerprint density at radius 2 is 1.97 bits per heavy atom. The molecule has 0 saturated carbocycles. The molecule has 166 valence electrons. The molecule has 10 heteroatoms. The minimum absolute atomic E-state index is 0.00522. The first kappa shape index (κ1) is 21.4. The molecule has 32 heavy (non-hydrogen) atoms. The molecular formula is C22H20F3N5O2. The van der Waals surface area contributed by atoms with E-state index in [1.165, 1.54) is 0 Å². The van der Waals surface area contributed by atoms with Gasteiger partial charge < -0.3 is 20.7 Å². The molecule has 3 N–H and O–H groups in total. The number of anilines is 4. The molecule has 1 aliphatic rings. The molecule has 2 aromatic carbocycles. The van der Waals surface area contributed by atoms with E-state index in [2.05, 4.69) is 25.9 Å². The molecule has 2 heterocycles. The lowest BCUT2D eigenvalue weighted by Crippen LogP contribution is -2.25. The van der Waals surface area contributed by atoms with E-state index in [1.54, 1.807) is 37.3 Å². The van der Waals surface area contributed by atoms with Gasteiger partial charge in [-0.05, 0) is 42.8 Å². The highest BCUT2D eigenvalue weighted by molar-refractivity contribution is 5.99. The number of benzene rings is 2. The van der Waals surface area contributed by atoms with Crippen molar-refractivity contribution in [3.05, 3.63) is 65.9 Å². The molecule has 1 aliphatic heterocycles. The zero-order chi connectivity index (χ0) is 22.7. The fourth-order valence-electron chi connectivity index (χ4n) is 3.23. The monoisotopic (exact) mass is 443 g/mol. The number of carbonyl (C=O) groups is 1. The van der Waals surface area contributed by atoms with E-state index in [4.69, 9.17) is 4.74 Å². The molecule has 0 saturated heterocycles. The third kappa shape index (κ3) is 5.08. The second-order valence-electron chi connectivity index (χ2n) is 7.30. The molecule has 1 aromatic heterocycles. The SMILES string of the molecule is CC(CNc1nc(Nc2ccc3c(c2)CC(=O)N3)ncc1C(F)(F)F)Oc1ccccc1. The van der Waals surface area contributed by atoms with Crippen molar-refractivity contribution >= 4 is 29.0 Å². The zero-order valence-electron chi connectivity index (χ0n) is 17.0. The van der Waals surface area contributed by atoms with Crippen LogP contribution in [0.2, 0.25) is 0 Å². The standard InChI is InChI=1S/C22H20F3N5O2/c1-13(32-16-5-3-2-4-6-16)11-26-20-17(22(23,24)25)12-27-21(30-20)28-15-7-8-18-14(9-15)10-19(31)29-18/h2-9,12-13H,10-11H2,1H3,(H,29,31)(H2,26,27,28,30). The van der Waals surface area contributed by atoms with Crippen LogP contribution in [0.4, 0.5) is 36.3 Å². The average molecular weight is 443 g/mol. The lowest BCUT2D eigenvalue weighted by Gasteiger charge is -2.18. The normalized spacial score (nSPS) is 13.8. The highest BCUT2D eigenvalue weighted by atomic mass is 19.4. The van der Waals surface area contributed by atoms with Gasteiger partial charge in [0.15, 0.2) is 0 Å². The smallest absolute Gasteiger partial charge is 0.421 e. The molecular weight excluding hydrogens is 423 g/mol. The number of rotatable bonds is 7. The summed E-state index contributed by atoms with van der Waals surface area (Å²) in [6.07, 6.45) is -4.06. The summed E-state index contributed by atoms with van der Waals surface area (Å²) < 4.78 is 46.1. The van der Waals surface area contributed by atoms with Gasteiger partial charge in [0.1, 0.15) is 23.2 Å². The van der Waals surface area contributed by atoms with Crippen LogP contribution in [0.1, 0.15) is 18.1 Å². The first-order valence-electron chi connectivity index (χ1n) is 9.87. The number of alkyl halides is 3. The molecule has 1 amide bonds. The largest absolute Gasteiger partial charge is 0.489 e. The predicted octanol–water partition coefficient (Wildman–Crippen LogP) is 4.61. The van der Waals surface area contributed by atoms with Crippen molar-refractivity contribution in [2.24, 2.45) is 0 Å². The maximum atomic E-state index is 13.5. The van der Waals surface area contributed by atoms with Gasteiger partial charge in [0.05, 0.1) is 13.0 Å². The minimum atomic E-state index is -4.62. The second kappa shape index (κ2) is 8.74. The van der Waals surface area contributed by atoms with Crippen molar-refractivity contribution in [3.63, 3.8) is 0 Å². The molecule has 1 unspecified atom stereocenters. The van der Waals surface area contributed by atoms with E-state index in [0.29, 0.717) is 17.1 Å². The summed E-state index contributed by atoms with van der Waals surface area (Å²) in [5, 5.41) is 8.34. The Labute approximate surface area is 182 Å². The number of nitrogens with zero attached hydrogens (tertiary/aromatic N) is 2. The third-order valence-electron chi connectivity index (χ3n) is 4.72. The first-order chi connectivity index (χ1) is 15.3. The lowest BCUT2D eigenvalue weighted by molar-refractivity contribution is -0.137. The zero-order valence-corrected chi connectivity index (χ0v) is 17.0. The van der Waals surface area contributed by atoms with Crippen LogP contribution in [0.25, 0.3) is 0 Å². The predicted molar refractivity (Wildman–Crippen MR) is 114 cm³/mol. The van der Waals surface area contributed by atoms with Crippen LogP contribution in [0.3, 0.4) is 0 Å². The number of aromatic nitrogens is 2. The summed E-state index contributed by atoms with van der Waals surface area (Å²) in [4.78, 5) is 19.3. The van der Waals surface area contributed by atoms with E-state index >= 15 is 0 Å². The number of ether oxygens (including phenoxy) is 1. The van der Waals surface area contributed by atoms with Gasteiger partial charge in [0.25, 0.3) is 0 Å². The molecule has 0 aliphatic carbocycles. The Bertz CT molecular complexity index is 1120. The Morgan fingerprint density at radius 1 is 1.19 bits per heavy atom. The lowest BCUT2D eigenvalue weighted by atomic mass is 10.1. The van der Waals surface area contributed by atoms with Crippen molar-refractivity contribution in [1.29, 1.82) is 0 Å². The molecule has 3 aromatic rings. The molecule has 0 radical (unpaired) electrons. The van der Waals surface area contributed by atoms with Crippen LogP contribution >= 0.6 is 0 Å². The highest BCUT2D eigenvalue weighted by Gasteiger charge is 2.35. The molecule has 0 spiro atoms. The van der Waals surface area contributed by atoms with Crippen molar-refractivity contribution in [3.8, 4) is 5.75 Å². The van der Waals surface area contributed by atoms with E-state index in [0.717, 1.165) is 11.8 Å². The van der Waals surface area contributed by atoms with Gasteiger partial charge in [-0.1, -0.05) is 18.2 Å². The van der Waals surface area contributed by atoms with Crippen molar-refractivity contribution < 1.29 is 22.7 Å². The van der Waals surface area contributed by atoms with Gasteiger partial charge >= 0.3 is 6.18 Å². The van der Waals surface area contributed by atoms with Gasteiger partial charge in [-0.25, -0.2) is 4.98 Å². The number of carbonyl (C=O) groups excluding carboxylic acids is 1. The maximum absolute atomic E-state index is 13.5. The van der Waals surface area contributed by atoms with Crippen LogP contribution in [0.15, 0.2) is 54.7 Å². The topological polar surface area (TPSA) is 88.2 Å². The molecule has 0 bridgehead atoms. The molecule has 1 atom stereocenters. The number of hydrogen-bond acceptors (Lipinski definition) is 6. The maximum Gasteiger partial charge on any atom is 0.421 e. The quantitative estimate of drug-likeness (QED) is 0.494. The Balaban J connectivity index is 1.50. The van der Waals surface area contributed by atoms with Gasteiger partial charge in [-0.3, -0.25) is 4.79 Å². The molecule has 4 rings (SSSR count). The number of nitrogens with one attached hydrogen (secondary N) is 3. The van der Waals surface area contributed by atoms with E-state index < -0.39 is 17.8 Å². The van der Waals surface area contributed by atoms with Crippen LogP contribution in [-0.4, -0.2) is 28.5 Å². The Morgan fingerprint density at radius 3 is 2.72 bits per heavy atom. The third-order valence-corrected chi connectivity index (χ3v) is 4.72.